The van der Waals surface area contributed by atoms with Crippen LogP contribution in [-0.2, 0) is 19.1 Å². The maximum atomic E-state index is 12.5. The molecule has 4 heteroatoms. The van der Waals surface area contributed by atoms with E-state index in [0.717, 1.165) is 25.7 Å². The molecule has 29 heavy (non-hydrogen) atoms. The van der Waals surface area contributed by atoms with E-state index in [9.17, 15) is 9.59 Å². The normalized spacial score (nSPS) is 18.6. The molecular formula is C25H44O4. The average molecular weight is 409 g/mol. The Hall–Kier alpha value is -1.32. The van der Waals surface area contributed by atoms with Crippen molar-refractivity contribution < 1.29 is 19.1 Å². The lowest BCUT2D eigenvalue weighted by molar-refractivity contribution is -0.161. The lowest BCUT2D eigenvalue weighted by Gasteiger charge is -2.25. The van der Waals surface area contributed by atoms with Gasteiger partial charge in [0.2, 0.25) is 0 Å². The third kappa shape index (κ3) is 12.1. The summed E-state index contributed by atoms with van der Waals surface area (Å²) < 4.78 is 10.8. The average Bonchev–Trinajstić information content (AvgIpc) is 2.74. The van der Waals surface area contributed by atoms with Gasteiger partial charge in [0.05, 0.1) is 25.0 Å². The molecule has 0 saturated heterocycles. The first-order valence-electron chi connectivity index (χ1n) is 12.2. The van der Waals surface area contributed by atoms with Gasteiger partial charge in [0.1, 0.15) is 0 Å². The minimum atomic E-state index is -0.387. The topological polar surface area (TPSA) is 52.6 Å². The maximum absolute atomic E-state index is 12.5. The SMILES string of the molecule is CCCCCCCCCCCCCOC(=O)C1CC=CCC1C(=O)OCCCC. The summed E-state index contributed by atoms with van der Waals surface area (Å²) in [5, 5.41) is 0. The molecule has 0 N–H and O–H groups in total. The molecule has 1 aliphatic carbocycles. The highest BCUT2D eigenvalue weighted by Gasteiger charge is 2.36. The van der Waals surface area contributed by atoms with Crippen molar-refractivity contribution >= 4 is 11.9 Å². The Labute approximate surface area is 178 Å². The highest BCUT2D eigenvalue weighted by molar-refractivity contribution is 5.82. The van der Waals surface area contributed by atoms with Crippen LogP contribution in [0.4, 0.5) is 0 Å². The molecule has 1 rings (SSSR count). The summed E-state index contributed by atoms with van der Waals surface area (Å²) in [4.78, 5) is 24.8. The number of allylic oxidation sites excluding steroid dienone is 2. The monoisotopic (exact) mass is 408 g/mol. The van der Waals surface area contributed by atoms with Crippen molar-refractivity contribution in [2.75, 3.05) is 13.2 Å². The molecule has 4 nitrogen and oxygen atoms in total. The largest absolute Gasteiger partial charge is 0.465 e. The molecule has 2 atom stereocenters. The number of ether oxygens (including phenoxy) is 2. The highest BCUT2D eigenvalue weighted by Crippen LogP contribution is 2.28. The molecule has 2 unspecified atom stereocenters. The molecule has 168 valence electrons. The molecule has 0 aromatic rings. The second kappa shape index (κ2) is 17.5. The van der Waals surface area contributed by atoms with Gasteiger partial charge in [-0.2, -0.15) is 0 Å². The van der Waals surface area contributed by atoms with Gasteiger partial charge in [-0.3, -0.25) is 9.59 Å². The Morgan fingerprint density at radius 2 is 1.00 bits per heavy atom. The second-order valence-electron chi connectivity index (χ2n) is 8.38. The van der Waals surface area contributed by atoms with Crippen molar-refractivity contribution in [2.45, 2.75) is 110 Å². The van der Waals surface area contributed by atoms with Crippen molar-refractivity contribution in [3.8, 4) is 0 Å². The van der Waals surface area contributed by atoms with E-state index in [1.807, 2.05) is 12.2 Å². The predicted octanol–water partition coefficient (Wildman–Crippen LogP) is 6.77. The molecule has 0 aromatic heterocycles. The molecule has 1 aliphatic rings. The Kier molecular flexibility index (Phi) is 15.5. The van der Waals surface area contributed by atoms with E-state index in [1.54, 1.807) is 0 Å². The van der Waals surface area contributed by atoms with Crippen LogP contribution in [0, 0.1) is 11.8 Å². The van der Waals surface area contributed by atoms with Crippen LogP contribution in [-0.4, -0.2) is 25.2 Å². The lowest BCUT2D eigenvalue weighted by Crippen LogP contribution is -2.34. The number of carbonyl (C=O) groups is 2. The summed E-state index contributed by atoms with van der Waals surface area (Å²) in [6, 6.07) is 0. The number of carbonyl (C=O) groups excluding carboxylic acids is 2. The van der Waals surface area contributed by atoms with E-state index in [0.29, 0.717) is 26.1 Å². The minimum absolute atomic E-state index is 0.237. The van der Waals surface area contributed by atoms with Crippen LogP contribution < -0.4 is 0 Å². The lowest BCUT2D eigenvalue weighted by atomic mass is 9.83. The molecule has 0 heterocycles. The molecule has 0 radical (unpaired) electrons. The standard InChI is InChI=1S/C25H44O4/c1-3-5-7-8-9-10-11-12-13-14-17-21-29-25(27)23-19-16-15-18-22(23)24(26)28-20-6-4-2/h15-16,22-23H,3-14,17-21H2,1-2H3. The highest BCUT2D eigenvalue weighted by atomic mass is 16.5. The van der Waals surface area contributed by atoms with Gasteiger partial charge in [0.25, 0.3) is 0 Å². The molecule has 0 aliphatic heterocycles. The van der Waals surface area contributed by atoms with Crippen LogP contribution in [0.1, 0.15) is 110 Å². The zero-order chi connectivity index (χ0) is 21.2. The molecule has 0 bridgehead atoms. The smallest absolute Gasteiger partial charge is 0.310 e. The first-order chi connectivity index (χ1) is 14.2. The summed E-state index contributed by atoms with van der Waals surface area (Å²) in [5.41, 5.74) is 0. The van der Waals surface area contributed by atoms with Gasteiger partial charge in [-0.25, -0.2) is 0 Å². The predicted molar refractivity (Wildman–Crippen MR) is 119 cm³/mol. The van der Waals surface area contributed by atoms with Crippen molar-refractivity contribution in [2.24, 2.45) is 11.8 Å². The molecule has 0 aromatic carbocycles. The van der Waals surface area contributed by atoms with Gasteiger partial charge in [-0.05, 0) is 25.7 Å². The Morgan fingerprint density at radius 3 is 1.45 bits per heavy atom. The number of unbranched alkanes of at least 4 members (excludes halogenated alkanes) is 11. The van der Waals surface area contributed by atoms with Crippen LogP contribution in [0.2, 0.25) is 0 Å². The first-order valence-corrected chi connectivity index (χ1v) is 12.2. The fraction of sp³-hybridized carbons (Fsp3) is 0.840. The Morgan fingerprint density at radius 1 is 0.621 bits per heavy atom. The third-order valence-electron chi connectivity index (χ3n) is 5.77. The van der Waals surface area contributed by atoms with Crippen LogP contribution in [0.15, 0.2) is 12.2 Å². The van der Waals surface area contributed by atoms with E-state index < -0.39 is 0 Å². The summed E-state index contributed by atoms with van der Waals surface area (Å²) in [5.74, 6) is -1.26. The van der Waals surface area contributed by atoms with Crippen molar-refractivity contribution in [3.05, 3.63) is 12.2 Å². The van der Waals surface area contributed by atoms with Gasteiger partial charge >= 0.3 is 11.9 Å². The van der Waals surface area contributed by atoms with Crippen LogP contribution in [0.5, 0.6) is 0 Å². The number of rotatable bonds is 17. The molecule has 0 spiro atoms. The van der Waals surface area contributed by atoms with Gasteiger partial charge in [-0.1, -0.05) is 96.6 Å². The molecule has 0 saturated carbocycles. The van der Waals surface area contributed by atoms with Crippen LogP contribution >= 0.6 is 0 Å². The van der Waals surface area contributed by atoms with Crippen LogP contribution in [0.3, 0.4) is 0 Å². The number of hydrogen-bond acceptors (Lipinski definition) is 4. The molecule has 0 amide bonds. The second-order valence-corrected chi connectivity index (χ2v) is 8.38. The van der Waals surface area contributed by atoms with Crippen molar-refractivity contribution in [1.29, 1.82) is 0 Å². The zero-order valence-electron chi connectivity index (χ0n) is 19.0. The fourth-order valence-corrected chi connectivity index (χ4v) is 3.81. The summed E-state index contributed by atoms with van der Waals surface area (Å²) in [6.07, 6.45) is 21.0. The zero-order valence-corrected chi connectivity index (χ0v) is 19.0. The van der Waals surface area contributed by atoms with Crippen molar-refractivity contribution in [3.63, 3.8) is 0 Å². The third-order valence-corrected chi connectivity index (χ3v) is 5.77. The van der Waals surface area contributed by atoms with E-state index in [2.05, 4.69) is 13.8 Å². The van der Waals surface area contributed by atoms with E-state index in [-0.39, 0.29) is 23.8 Å². The molecular weight excluding hydrogens is 364 g/mol. The van der Waals surface area contributed by atoms with E-state index in [4.69, 9.17) is 9.47 Å². The Bertz CT molecular complexity index is 458. The summed E-state index contributed by atoms with van der Waals surface area (Å²) in [6.45, 7) is 5.22. The molecule has 0 fully saturated rings. The summed E-state index contributed by atoms with van der Waals surface area (Å²) in [7, 11) is 0. The Balaban J connectivity index is 2.10. The van der Waals surface area contributed by atoms with Crippen molar-refractivity contribution in [1.82, 2.24) is 0 Å². The van der Waals surface area contributed by atoms with E-state index in [1.165, 1.54) is 57.8 Å². The van der Waals surface area contributed by atoms with Gasteiger partial charge in [0, 0.05) is 0 Å². The number of esters is 2. The van der Waals surface area contributed by atoms with E-state index >= 15 is 0 Å². The van der Waals surface area contributed by atoms with Crippen LogP contribution in [0.25, 0.3) is 0 Å². The number of hydrogen-bond donors (Lipinski definition) is 0. The van der Waals surface area contributed by atoms with Gasteiger partial charge in [-0.15, -0.1) is 0 Å². The van der Waals surface area contributed by atoms with Gasteiger partial charge in [0.15, 0.2) is 0 Å². The quantitative estimate of drug-likeness (QED) is 0.151. The summed E-state index contributed by atoms with van der Waals surface area (Å²) >= 11 is 0. The first kappa shape index (κ1) is 25.7. The van der Waals surface area contributed by atoms with Gasteiger partial charge < -0.3 is 9.47 Å². The minimum Gasteiger partial charge on any atom is -0.465 e. The maximum Gasteiger partial charge on any atom is 0.310 e. The fourth-order valence-electron chi connectivity index (χ4n) is 3.81.